The van der Waals surface area contributed by atoms with Crippen LogP contribution >= 0.6 is 0 Å². The van der Waals surface area contributed by atoms with Gasteiger partial charge in [-0.05, 0) is 6.07 Å². The van der Waals surface area contributed by atoms with Crippen LogP contribution in [0.5, 0.6) is 5.75 Å². The molecular weight excluding hydrogens is 362 g/mol. The smallest absolute Gasteiger partial charge is 0.124 e. The molecule has 0 N–H and O–H groups in total. The van der Waals surface area contributed by atoms with Crippen molar-refractivity contribution in [2.75, 3.05) is 26.9 Å². The minimum Gasteiger partial charge on any atom is -0.490 e. The maximum absolute atomic E-state index is 6.11. The number of fused-ring (bicyclic) bond motifs is 1. The molecule has 1 heterocycles. The monoisotopic (exact) mass is 387 g/mol. The van der Waals surface area contributed by atoms with E-state index in [4.69, 9.17) is 19.2 Å². The van der Waals surface area contributed by atoms with Gasteiger partial charge < -0.3 is 14.2 Å². The van der Waals surface area contributed by atoms with E-state index in [-0.39, 0.29) is 12.1 Å². The molecule has 0 radical (unpaired) electrons. The first-order chi connectivity index (χ1) is 14.4. The van der Waals surface area contributed by atoms with E-state index in [0.29, 0.717) is 19.8 Å². The van der Waals surface area contributed by atoms with Crippen LogP contribution in [-0.2, 0) is 9.47 Å². The van der Waals surface area contributed by atoms with Crippen molar-refractivity contribution < 1.29 is 14.2 Å². The molecule has 0 aliphatic carbocycles. The molecule has 4 nitrogen and oxygen atoms in total. The Morgan fingerprint density at radius 3 is 2.14 bits per heavy atom. The van der Waals surface area contributed by atoms with E-state index >= 15 is 0 Å². The van der Waals surface area contributed by atoms with E-state index in [9.17, 15) is 0 Å². The molecule has 0 amide bonds. The summed E-state index contributed by atoms with van der Waals surface area (Å²) in [4.78, 5) is 5.25. The fraction of sp³-hybridized carbons (Fsp3) is 0.240. The summed E-state index contributed by atoms with van der Waals surface area (Å²) >= 11 is 0. The van der Waals surface area contributed by atoms with Crippen LogP contribution in [0.3, 0.4) is 0 Å². The Morgan fingerprint density at radius 2 is 1.48 bits per heavy atom. The van der Waals surface area contributed by atoms with Gasteiger partial charge >= 0.3 is 0 Å². The van der Waals surface area contributed by atoms with Gasteiger partial charge in [0.1, 0.15) is 24.5 Å². The highest BCUT2D eigenvalue weighted by Gasteiger charge is 2.32. The number of rotatable bonds is 7. The van der Waals surface area contributed by atoms with Crippen LogP contribution in [0.15, 0.2) is 89.9 Å². The molecule has 148 valence electrons. The molecule has 0 saturated carbocycles. The highest BCUT2D eigenvalue weighted by atomic mass is 16.6. The summed E-state index contributed by atoms with van der Waals surface area (Å²) in [6.45, 7) is 1.51. The molecule has 1 aliphatic rings. The average molecular weight is 387 g/mol. The van der Waals surface area contributed by atoms with Crippen molar-refractivity contribution in [3.8, 4) is 5.75 Å². The summed E-state index contributed by atoms with van der Waals surface area (Å²) in [7, 11) is 1.68. The molecule has 29 heavy (non-hydrogen) atoms. The van der Waals surface area contributed by atoms with Crippen molar-refractivity contribution in [1.29, 1.82) is 0 Å². The van der Waals surface area contributed by atoms with Gasteiger partial charge in [0.25, 0.3) is 0 Å². The Bertz CT molecular complexity index is 899. The van der Waals surface area contributed by atoms with Crippen LogP contribution in [0, 0.1) is 0 Å². The maximum Gasteiger partial charge on any atom is 0.124 e. The van der Waals surface area contributed by atoms with Gasteiger partial charge in [0.05, 0.1) is 18.9 Å². The fourth-order valence-corrected chi connectivity index (χ4v) is 3.54. The molecule has 0 spiro atoms. The molecule has 0 saturated heterocycles. The lowest BCUT2D eigenvalue weighted by Gasteiger charge is -2.32. The molecule has 1 unspecified atom stereocenters. The summed E-state index contributed by atoms with van der Waals surface area (Å²) in [5, 5.41) is 0. The number of hydrogen-bond donors (Lipinski definition) is 0. The zero-order valence-electron chi connectivity index (χ0n) is 16.5. The predicted octanol–water partition coefficient (Wildman–Crippen LogP) is 4.69. The van der Waals surface area contributed by atoms with E-state index in [1.54, 1.807) is 7.11 Å². The Morgan fingerprint density at radius 1 is 0.862 bits per heavy atom. The van der Waals surface area contributed by atoms with Gasteiger partial charge in [0.2, 0.25) is 0 Å². The molecular formula is C25H25NO3. The molecule has 2 atom stereocenters. The fourth-order valence-electron chi connectivity index (χ4n) is 3.54. The van der Waals surface area contributed by atoms with E-state index in [1.807, 2.05) is 54.6 Å². The van der Waals surface area contributed by atoms with Gasteiger partial charge in [0.15, 0.2) is 0 Å². The summed E-state index contributed by atoms with van der Waals surface area (Å²) < 4.78 is 17.2. The van der Waals surface area contributed by atoms with Gasteiger partial charge in [-0.3, -0.25) is 4.99 Å². The van der Waals surface area contributed by atoms with Crippen molar-refractivity contribution in [3.05, 3.63) is 102 Å². The molecule has 0 fully saturated rings. The Hall–Kier alpha value is -2.95. The Labute approximate surface area is 171 Å². The summed E-state index contributed by atoms with van der Waals surface area (Å²) in [5.74, 6) is 0.869. The minimum absolute atomic E-state index is 0.160. The lowest BCUT2D eigenvalue weighted by Crippen LogP contribution is -2.34. The molecule has 3 aromatic carbocycles. The van der Waals surface area contributed by atoms with Crippen molar-refractivity contribution in [2.24, 2.45) is 4.99 Å². The molecule has 0 aromatic heterocycles. The van der Waals surface area contributed by atoms with Crippen LogP contribution in [0.4, 0.5) is 0 Å². The Kier molecular flexibility index (Phi) is 6.35. The number of aliphatic imine (C=N–C) groups is 1. The van der Waals surface area contributed by atoms with E-state index in [0.717, 1.165) is 28.2 Å². The maximum atomic E-state index is 6.11. The van der Waals surface area contributed by atoms with Crippen molar-refractivity contribution in [3.63, 3.8) is 0 Å². The second-order valence-corrected chi connectivity index (χ2v) is 6.91. The lowest BCUT2D eigenvalue weighted by molar-refractivity contribution is -0.0261. The quantitative estimate of drug-likeness (QED) is 0.436. The predicted molar refractivity (Wildman–Crippen MR) is 115 cm³/mol. The largest absolute Gasteiger partial charge is 0.490 e. The first kappa shape index (κ1) is 19.4. The second kappa shape index (κ2) is 9.50. The molecule has 0 bridgehead atoms. The van der Waals surface area contributed by atoms with Gasteiger partial charge in [0, 0.05) is 23.8 Å². The first-order valence-electron chi connectivity index (χ1n) is 9.87. The van der Waals surface area contributed by atoms with Gasteiger partial charge in [-0.2, -0.15) is 0 Å². The molecule has 4 rings (SSSR count). The molecule has 1 aliphatic heterocycles. The minimum atomic E-state index is -0.178. The van der Waals surface area contributed by atoms with Crippen LogP contribution in [0.2, 0.25) is 0 Å². The first-order valence-corrected chi connectivity index (χ1v) is 9.87. The van der Waals surface area contributed by atoms with Crippen molar-refractivity contribution in [1.82, 2.24) is 0 Å². The molecule has 4 heteroatoms. The van der Waals surface area contributed by atoms with E-state index < -0.39 is 0 Å². The number of benzene rings is 3. The lowest BCUT2D eigenvalue weighted by atomic mass is 9.96. The summed E-state index contributed by atoms with van der Waals surface area (Å²) in [5.41, 5.74) is 4.16. The second-order valence-electron chi connectivity index (χ2n) is 6.91. The number of methoxy groups -OCH3 is 1. The third kappa shape index (κ3) is 4.56. The van der Waals surface area contributed by atoms with Crippen LogP contribution in [-0.4, -0.2) is 38.7 Å². The number of nitrogens with zero attached hydrogens (tertiary/aromatic N) is 1. The van der Waals surface area contributed by atoms with Crippen molar-refractivity contribution >= 4 is 5.71 Å². The third-order valence-corrected chi connectivity index (χ3v) is 4.97. The third-order valence-electron chi connectivity index (χ3n) is 4.97. The zero-order valence-corrected chi connectivity index (χ0v) is 16.5. The SMILES string of the molecule is COCCO[C@@H]1COc2ccccc2C1N=C(c1ccccc1)c1ccccc1. The normalized spacial score (nSPS) is 17.8. The highest BCUT2D eigenvalue weighted by Crippen LogP contribution is 2.36. The van der Waals surface area contributed by atoms with Crippen molar-refractivity contribution in [2.45, 2.75) is 12.1 Å². The van der Waals surface area contributed by atoms with E-state index in [2.05, 4.69) is 30.3 Å². The van der Waals surface area contributed by atoms with Crippen LogP contribution in [0.25, 0.3) is 0 Å². The summed E-state index contributed by atoms with van der Waals surface area (Å²) in [6.07, 6.45) is -0.178. The van der Waals surface area contributed by atoms with Crippen LogP contribution in [0.1, 0.15) is 22.7 Å². The highest BCUT2D eigenvalue weighted by molar-refractivity contribution is 6.13. The molecule has 3 aromatic rings. The topological polar surface area (TPSA) is 40.0 Å². The van der Waals surface area contributed by atoms with E-state index in [1.165, 1.54) is 0 Å². The van der Waals surface area contributed by atoms with Crippen LogP contribution < -0.4 is 4.74 Å². The Balaban J connectivity index is 1.78. The summed E-state index contributed by atoms with van der Waals surface area (Å²) in [6, 6.07) is 28.5. The number of ether oxygens (including phenoxy) is 3. The zero-order chi connectivity index (χ0) is 19.9. The number of para-hydroxylation sites is 1. The standard InChI is InChI=1S/C25H25NO3/c1-27-16-17-28-23-18-29-22-15-9-8-14-21(22)25(23)26-24(19-10-4-2-5-11-19)20-12-6-3-7-13-20/h2-15,23,25H,16-18H2,1H3/t23-,25?/m1/s1. The number of hydrogen-bond acceptors (Lipinski definition) is 4. The van der Waals surface area contributed by atoms with Gasteiger partial charge in [-0.25, -0.2) is 0 Å². The average Bonchev–Trinajstić information content (AvgIpc) is 2.79. The van der Waals surface area contributed by atoms with Gasteiger partial charge in [-0.15, -0.1) is 0 Å². The van der Waals surface area contributed by atoms with Gasteiger partial charge in [-0.1, -0.05) is 78.9 Å².